The Morgan fingerprint density at radius 2 is 1.88 bits per heavy atom. The van der Waals surface area contributed by atoms with Gasteiger partial charge in [-0.15, -0.1) is 0 Å². The van der Waals surface area contributed by atoms with Gasteiger partial charge in [0.2, 0.25) is 5.91 Å². The first kappa shape index (κ1) is 19.8. The molecule has 0 bridgehead atoms. The van der Waals surface area contributed by atoms with E-state index in [-0.39, 0.29) is 18.7 Å². The number of benzene rings is 1. The average molecular weight is 385 g/mol. The van der Waals surface area contributed by atoms with Crippen LogP contribution in [0.25, 0.3) is 0 Å². The van der Waals surface area contributed by atoms with Crippen molar-refractivity contribution < 1.29 is 36.1 Å². The number of hydrogen-bond donors (Lipinski definition) is 0. The summed E-state index contributed by atoms with van der Waals surface area (Å²) in [6.07, 6.45) is -9.43. The van der Waals surface area contributed by atoms with Crippen LogP contribution in [0.2, 0.25) is 0 Å². The monoisotopic (exact) mass is 385 g/mol. The lowest BCUT2D eigenvalue weighted by atomic mass is 10.1. The van der Waals surface area contributed by atoms with Gasteiger partial charge in [0.15, 0.2) is 0 Å². The molecule has 1 atom stereocenters. The number of carbonyl (C=O) groups is 1. The number of anilines is 1. The van der Waals surface area contributed by atoms with E-state index in [4.69, 9.17) is 0 Å². The van der Waals surface area contributed by atoms with E-state index in [9.17, 15) is 41.3 Å². The van der Waals surface area contributed by atoms with Crippen LogP contribution in [0.5, 0.6) is 0 Å². The molecule has 0 radical (unpaired) electrons. The Kier molecular flexibility index (Phi) is 5.06. The average Bonchev–Trinajstić information content (AvgIpc) is 2.84. The summed E-state index contributed by atoms with van der Waals surface area (Å²) in [5.41, 5.74) is -2.41. The van der Waals surface area contributed by atoms with Crippen LogP contribution in [0, 0.1) is 10.1 Å². The molecule has 2 rings (SSSR count). The Morgan fingerprint density at radius 3 is 2.38 bits per heavy atom. The van der Waals surface area contributed by atoms with Gasteiger partial charge in [0.05, 0.1) is 10.5 Å². The normalized spacial score (nSPS) is 18.3. The summed E-state index contributed by atoms with van der Waals surface area (Å²) in [7, 11) is 1.22. The van der Waals surface area contributed by atoms with Crippen LogP contribution in [0.3, 0.4) is 0 Å². The highest BCUT2D eigenvalue weighted by molar-refractivity contribution is 5.88. The molecular weight excluding hydrogens is 372 g/mol. The third-order valence-electron chi connectivity index (χ3n) is 3.99. The third kappa shape index (κ3) is 4.17. The molecule has 0 aliphatic carbocycles. The van der Waals surface area contributed by atoms with Gasteiger partial charge in [0.1, 0.15) is 18.3 Å². The number of halogens is 6. The van der Waals surface area contributed by atoms with Crippen LogP contribution >= 0.6 is 0 Å². The number of nitro groups is 1. The number of alkyl halides is 6. The van der Waals surface area contributed by atoms with E-state index in [2.05, 4.69) is 0 Å². The summed E-state index contributed by atoms with van der Waals surface area (Å²) in [4.78, 5) is 23.8. The van der Waals surface area contributed by atoms with Gasteiger partial charge in [0, 0.05) is 19.7 Å². The summed E-state index contributed by atoms with van der Waals surface area (Å²) in [5, 5.41) is 11.1. The highest BCUT2D eigenvalue weighted by Crippen LogP contribution is 2.37. The first-order valence-electron chi connectivity index (χ1n) is 7.25. The first-order valence-corrected chi connectivity index (χ1v) is 7.25. The Hall–Kier alpha value is -2.53. The lowest BCUT2D eigenvalue weighted by molar-refractivity contribution is -0.384. The fourth-order valence-corrected chi connectivity index (χ4v) is 2.77. The standard InChI is InChI=1S/C14H13F6N3O3/c1-21(10-4-5-22(12(10)24)7-13(15,16)17)9-3-2-8(14(18,19)20)6-11(9)23(25)26/h2-3,6,10H,4-5,7H2,1H3. The van der Waals surface area contributed by atoms with Crippen molar-refractivity contribution in [3.8, 4) is 0 Å². The predicted molar refractivity (Wildman–Crippen MR) is 77.5 cm³/mol. The number of hydrogen-bond acceptors (Lipinski definition) is 4. The van der Waals surface area contributed by atoms with Crippen molar-refractivity contribution in [1.82, 2.24) is 4.90 Å². The van der Waals surface area contributed by atoms with Crippen molar-refractivity contribution >= 4 is 17.3 Å². The summed E-state index contributed by atoms with van der Waals surface area (Å²) in [6.45, 7) is -1.66. The molecule has 0 N–H and O–H groups in total. The van der Waals surface area contributed by atoms with Gasteiger partial charge in [-0.2, -0.15) is 26.3 Å². The van der Waals surface area contributed by atoms with Crippen LogP contribution in [-0.2, 0) is 11.0 Å². The van der Waals surface area contributed by atoms with Crippen molar-refractivity contribution in [3.63, 3.8) is 0 Å². The fourth-order valence-electron chi connectivity index (χ4n) is 2.77. The molecule has 1 aliphatic rings. The maximum atomic E-state index is 12.7. The Labute approximate surface area is 143 Å². The highest BCUT2D eigenvalue weighted by Gasteiger charge is 2.42. The fraction of sp³-hybridized carbons (Fsp3) is 0.500. The molecule has 1 heterocycles. The van der Waals surface area contributed by atoms with Gasteiger partial charge in [-0.05, 0) is 18.6 Å². The molecule has 1 aromatic carbocycles. The SMILES string of the molecule is CN(c1ccc(C(F)(F)F)cc1[N+](=O)[O-])C1CCN(CC(F)(F)F)C1=O. The van der Waals surface area contributed by atoms with Crippen LogP contribution in [-0.4, -0.2) is 48.1 Å². The first-order chi connectivity index (χ1) is 11.8. The molecule has 144 valence electrons. The number of rotatable bonds is 4. The van der Waals surface area contributed by atoms with Crippen molar-refractivity contribution in [1.29, 1.82) is 0 Å². The van der Waals surface area contributed by atoms with Crippen molar-refractivity contribution in [2.75, 3.05) is 25.0 Å². The maximum Gasteiger partial charge on any atom is 0.416 e. The number of carbonyl (C=O) groups excluding carboxylic acids is 1. The molecule has 0 saturated carbocycles. The number of likely N-dealkylation sites (tertiary alicyclic amines) is 1. The minimum atomic E-state index is -4.80. The molecule has 0 aromatic heterocycles. The predicted octanol–water partition coefficient (Wildman–Crippen LogP) is 3.21. The van der Waals surface area contributed by atoms with E-state index < -0.39 is 47.0 Å². The van der Waals surface area contributed by atoms with Crippen molar-refractivity contribution in [3.05, 3.63) is 33.9 Å². The molecule has 26 heavy (non-hydrogen) atoms. The molecule has 1 aliphatic heterocycles. The van der Waals surface area contributed by atoms with E-state index in [0.717, 1.165) is 11.0 Å². The lowest BCUT2D eigenvalue weighted by Crippen LogP contribution is -2.42. The highest BCUT2D eigenvalue weighted by atomic mass is 19.4. The Balaban J connectivity index is 2.31. The van der Waals surface area contributed by atoms with Crippen LogP contribution in [0.4, 0.5) is 37.7 Å². The zero-order chi connectivity index (χ0) is 19.9. The van der Waals surface area contributed by atoms with E-state index in [1.54, 1.807) is 0 Å². The van der Waals surface area contributed by atoms with Gasteiger partial charge < -0.3 is 9.80 Å². The van der Waals surface area contributed by atoms with E-state index in [1.807, 2.05) is 0 Å². The molecule has 6 nitrogen and oxygen atoms in total. The molecule has 1 fully saturated rings. The Morgan fingerprint density at radius 1 is 1.27 bits per heavy atom. The van der Waals surface area contributed by atoms with E-state index >= 15 is 0 Å². The maximum absolute atomic E-state index is 12.7. The summed E-state index contributed by atoms with van der Waals surface area (Å²) in [5.74, 6) is -0.890. The topological polar surface area (TPSA) is 66.7 Å². The summed E-state index contributed by atoms with van der Waals surface area (Å²) < 4.78 is 75.6. The zero-order valence-electron chi connectivity index (χ0n) is 13.3. The molecule has 1 saturated heterocycles. The van der Waals surface area contributed by atoms with Gasteiger partial charge in [0.25, 0.3) is 5.69 Å². The van der Waals surface area contributed by atoms with Crippen LogP contribution < -0.4 is 4.90 Å². The number of nitro benzene ring substituents is 1. The third-order valence-corrected chi connectivity index (χ3v) is 3.99. The minimum absolute atomic E-state index is 0.0381. The molecule has 1 unspecified atom stereocenters. The van der Waals surface area contributed by atoms with Crippen LogP contribution in [0.1, 0.15) is 12.0 Å². The number of nitrogens with zero attached hydrogens (tertiary/aromatic N) is 3. The van der Waals surface area contributed by atoms with E-state index in [1.165, 1.54) is 7.05 Å². The van der Waals surface area contributed by atoms with E-state index in [0.29, 0.717) is 17.0 Å². The number of amides is 1. The van der Waals surface area contributed by atoms with Gasteiger partial charge in [-0.1, -0.05) is 0 Å². The second-order valence-electron chi connectivity index (χ2n) is 5.75. The molecule has 1 amide bonds. The van der Waals surface area contributed by atoms with Crippen molar-refractivity contribution in [2.24, 2.45) is 0 Å². The minimum Gasteiger partial charge on any atom is -0.357 e. The van der Waals surface area contributed by atoms with Gasteiger partial charge in [-0.25, -0.2) is 0 Å². The van der Waals surface area contributed by atoms with Gasteiger partial charge in [-0.3, -0.25) is 14.9 Å². The largest absolute Gasteiger partial charge is 0.416 e. The Bertz CT molecular complexity index is 719. The quantitative estimate of drug-likeness (QED) is 0.454. The lowest BCUT2D eigenvalue weighted by Gasteiger charge is -2.26. The molecule has 0 spiro atoms. The second-order valence-corrected chi connectivity index (χ2v) is 5.75. The van der Waals surface area contributed by atoms with Crippen LogP contribution in [0.15, 0.2) is 18.2 Å². The van der Waals surface area contributed by atoms with Crippen molar-refractivity contribution in [2.45, 2.75) is 24.8 Å². The summed E-state index contributed by atoms with van der Waals surface area (Å²) in [6, 6.07) is 0.651. The second kappa shape index (κ2) is 6.65. The molecule has 12 heteroatoms. The summed E-state index contributed by atoms with van der Waals surface area (Å²) >= 11 is 0. The zero-order valence-corrected chi connectivity index (χ0v) is 13.3. The smallest absolute Gasteiger partial charge is 0.357 e. The number of likely N-dealkylation sites (N-methyl/N-ethyl adjacent to an activating group) is 1. The molecular formula is C14H13F6N3O3. The van der Waals surface area contributed by atoms with Gasteiger partial charge >= 0.3 is 12.4 Å². The molecule has 1 aromatic rings.